The number of hydrogen-bond donors (Lipinski definition) is 1. The van der Waals surface area contributed by atoms with Gasteiger partial charge >= 0.3 is 0 Å². The van der Waals surface area contributed by atoms with E-state index in [1.54, 1.807) is 18.2 Å². The summed E-state index contributed by atoms with van der Waals surface area (Å²) in [4.78, 5) is 9.20. The van der Waals surface area contributed by atoms with Crippen LogP contribution in [0.4, 0.5) is 11.6 Å². The number of rotatable bonds is 8. The van der Waals surface area contributed by atoms with Gasteiger partial charge < -0.3 is 14.7 Å². The lowest BCUT2D eigenvalue weighted by Gasteiger charge is -2.36. The Kier molecular flexibility index (Phi) is 9.32. The van der Waals surface area contributed by atoms with Gasteiger partial charge in [0, 0.05) is 48.3 Å². The van der Waals surface area contributed by atoms with Crippen molar-refractivity contribution in [1.29, 1.82) is 0 Å². The lowest BCUT2D eigenvalue weighted by Crippen LogP contribution is -2.46. The summed E-state index contributed by atoms with van der Waals surface area (Å²) < 4.78 is 5.31. The first kappa shape index (κ1) is 24.9. The topological polar surface area (TPSA) is 57.4 Å². The van der Waals surface area contributed by atoms with E-state index in [1.807, 2.05) is 24.3 Å². The van der Waals surface area contributed by atoms with Gasteiger partial charge in [0.15, 0.2) is 0 Å². The van der Waals surface area contributed by atoms with Crippen LogP contribution < -0.4 is 10.2 Å². The van der Waals surface area contributed by atoms with E-state index in [0.29, 0.717) is 26.9 Å². The van der Waals surface area contributed by atoms with E-state index < -0.39 is 0 Å². The van der Waals surface area contributed by atoms with Crippen molar-refractivity contribution in [3.8, 4) is 11.5 Å². The number of unbranched alkanes of at least 4 members (excludes halogenated alkanes) is 1. The molecule has 1 fully saturated rings. The Hall–Kier alpha value is -1.70. The zero-order valence-electron chi connectivity index (χ0n) is 17.4. The molecule has 0 amide bonds. The van der Waals surface area contributed by atoms with Crippen LogP contribution in [0.25, 0.3) is 11.5 Å². The minimum Gasteiger partial charge on any atom is -0.368 e. The van der Waals surface area contributed by atoms with Crippen molar-refractivity contribution in [2.24, 2.45) is 0 Å². The van der Waals surface area contributed by atoms with Crippen molar-refractivity contribution in [2.45, 2.75) is 12.8 Å². The quantitative estimate of drug-likeness (QED) is 0.363. The number of aromatic nitrogens is 2. The minimum atomic E-state index is 0. The van der Waals surface area contributed by atoms with Crippen molar-refractivity contribution < 1.29 is 4.52 Å². The van der Waals surface area contributed by atoms with E-state index in [2.05, 4.69) is 25.3 Å². The van der Waals surface area contributed by atoms with Crippen molar-refractivity contribution in [3.63, 3.8) is 0 Å². The highest BCUT2D eigenvalue weighted by atomic mass is 35.5. The van der Waals surface area contributed by atoms with Crippen LogP contribution in [0.1, 0.15) is 12.8 Å². The molecule has 0 aliphatic carbocycles. The Labute approximate surface area is 209 Å². The zero-order valence-corrected chi connectivity index (χ0v) is 20.5. The van der Waals surface area contributed by atoms with Gasteiger partial charge in [0.05, 0.1) is 10.7 Å². The van der Waals surface area contributed by atoms with Crippen molar-refractivity contribution in [2.75, 3.05) is 49.5 Å². The van der Waals surface area contributed by atoms with Gasteiger partial charge in [-0.2, -0.15) is 4.98 Å². The van der Waals surface area contributed by atoms with Crippen LogP contribution in [0.3, 0.4) is 0 Å². The molecule has 172 valence electrons. The van der Waals surface area contributed by atoms with Crippen LogP contribution in [-0.2, 0) is 0 Å². The van der Waals surface area contributed by atoms with Crippen LogP contribution in [0.15, 0.2) is 47.0 Å². The Morgan fingerprint density at radius 2 is 1.62 bits per heavy atom. The average molecular weight is 517 g/mol. The van der Waals surface area contributed by atoms with Gasteiger partial charge in [0.25, 0.3) is 11.8 Å². The molecule has 3 aromatic rings. The summed E-state index contributed by atoms with van der Waals surface area (Å²) in [7, 11) is 0. The zero-order chi connectivity index (χ0) is 21.6. The lowest BCUT2D eigenvalue weighted by atomic mass is 10.2. The molecule has 0 bridgehead atoms. The number of nitrogens with one attached hydrogen (secondary N) is 1. The second-order valence-corrected chi connectivity index (χ2v) is 8.77. The highest BCUT2D eigenvalue weighted by Crippen LogP contribution is 2.29. The summed E-state index contributed by atoms with van der Waals surface area (Å²) in [6.45, 7) is 5.88. The molecule has 0 saturated carbocycles. The number of piperazine rings is 1. The van der Waals surface area contributed by atoms with E-state index in [4.69, 9.17) is 39.3 Å². The van der Waals surface area contributed by atoms with E-state index in [-0.39, 0.29) is 12.4 Å². The molecule has 0 radical (unpaired) electrons. The Morgan fingerprint density at radius 3 is 2.34 bits per heavy atom. The molecule has 1 aliphatic rings. The summed E-state index contributed by atoms with van der Waals surface area (Å²) in [6.07, 6.45) is 2.14. The summed E-state index contributed by atoms with van der Waals surface area (Å²) in [6, 6.07) is 13.0. The largest absolute Gasteiger partial charge is 0.368 e. The highest BCUT2D eigenvalue weighted by Gasteiger charge is 2.18. The fourth-order valence-corrected chi connectivity index (χ4v) is 4.27. The van der Waals surface area contributed by atoms with E-state index >= 15 is 0 Å². The Morgan fingerprint density at radius 1 is 0.906 bits per heavy atom. The maximum atomic E-state index is 6.34. The molecule has 1 aliphatic heterocycles. The molecule has 6 nitrogen and oxygen atoms in total. The highest BCUT2D eigenvalue weighted by molar-refractivity contribution is 6.36. The van der Waals surface area contributed by atoms with Crippen LogP contribution in [-0.4, -0.2) is 54.3 Å². The molecule has 1 N–H and O–H groups in total. The minimum absolute atomic E-state index is 0. The van der Waals surface area contributed by atoms with E-state index in [9.17, 15) is 0 Å². The Balaban J connectivity index is 0.00000289. The summed E-state index contributed by atoms with van der Waals surface area (Å²) in [5.41, 5.74) is 1.91. The maximum Gasteiger partial charge on any atom is 0.263 e. The maximum absolute atomic E-state index is 6.34. The molecular formula is C22H25Cl4N5O. The normalized spacial score (nSPS) is 14.3. The van der Waals surface area contributed by atoms with Crippen LogP contribution >= 0.6 is 47.2 Å². The number of benzene rings is 2. The van der Waals surface area contributed by atoms with Crippen LogP contribution in [0.2, 0.25) is 15.1 Å². The van der Waals surface area contributed by atoms with Crippen LogP contribution in [0.5, 0.6) is 0 Å². The molecule has 2 heterocycles. The van der Waals surface area contributed by atoms with Crippen molar-refractivity contribution >= 4 is 58.8 Å². The smallest absolute Gasteiger partial charge is 0.263 e. The third-order valence-electron chi connectivity index (χ3n) is 5.32. The molecule has 1 saturated heterocycles. The fraction of sp³-hybridized carbons (Fsp3) is 0.364. The molecule has 32 heavy (non-hydrogen) atoms. The second kappa shape index (κ2) is 12.0. The fourth-order valence-electron chi connectivity index (χ4n) is 3.62. The first-order valence-electron chi connectivity index (χ1n) is 10.3. The molecule has 2 aromatic carbocycles. The molecule has 0 atom stereocenters. The molecule has 10 heteroatoms. The summed E-state index contributed by atoms with van der Waals surface area (Å²) >= 11 is 18.3. The van der Waals surface area contributed by atoms with Crippen LogP contribution in [0, 0.1) is 0 Å². The van der Waals surface area contributed by atoms with Gasteiger partial charge in [-0.3, -0.25) is 4.90 Å². The van der Waals surface area contributed by atoms with Gasteiger partial charge in [-0.1, -0.05) is 34.8 Å². The first-order valence-corrected chi connectivity index (χ1v) is 11.5. The molecule has 0 spiro atoms. The predicted molar refractivity (Wildman–Crippen MR) is 135 cm³/mol. The predicted octanol–water partition coefficient (Wildman–Crippen LogP) is 6.13. The number of anilines is 2. The monoisotopic (exact) mass is 515 g/mol. The van der Waals surface area contributed by atoms with Gasteiger partial charge in [-0.15, -0.1) is 12.4 Å². The second-order valence-electron chi connectivity index (χ2n) is 7.49. The summed E-state index contributed by atoms with van der Waals surface area (Å²) in [5.74, 6) is 0.997. The lowest BCUT2D eigenvalue weighted by molar-refractivity contribution is 0.254. The van der Waals surface area contributed by atoms with Gasteiger partial charge in [0.2, 0.25) is 0 Å². The van der Waals surface area contributed by atoms with Crippen molar-refractivity contribution in [1.82, 2.24) is 15.0 Å². The first-order chi connectivity index (χ1) is 15.1. The van der Waals surface area contributed by atoms with E-state index in [0.717, 1.165) is 63.4 Å². The SMILES string of the molecule is Cl.Clc1ccc(-c2nc(NCCCCN3CCN(c4ccc(Cl)cc4Cl)CC3)no2)cc1. The number of nitrogens with zero attached hydrogens (tertiary/aromatic N) is 4. The number of halogens is 4. The van der Waals surface area contributed by atoms with E-state index in [1.165, 1.54) is 0 Å². The number of hydrogen-bond acceptors (Lipinski definition) is 6. The molecule has 0 unspecified atom stereocenters. The van der Waals surface area contributed by atoms with Crippen molar-refractivity contribution in [3.05, 3.63) is 57.5 Å². The average Bonchev–Trinajstić information content (AvgIpc) is 3.24. The summed E-state index contributed by atoms with van der Waals surface area (Å²) in [5, 5.41) is 9.28. The van der Waals surface area contributed by atoms with Gasteiger partial charge in [-0.25, -0.2) is 0 Å². The molecular weight excluding hydrogens is 492 g/mol. The van der Waals surface area contributed by atoms with Gasteiger partial charge in [0.1, 0.15) is 0 Å². The molecule has 1 aromatic heterocycles. The third kappa shape index (κ3) is 6.65. The Bertz CT molecular complexity index is 990. The standard InChI is InChI=1S/C22H24Cl3N5O.ClH/c23-17-5-3-16(4-6-17)21-27-22(28-31-21)26-9-1-2-10-29-11-13-30(14-12-29)20-8-7-18(24)15-19(20)25;/h3-8,15H,1-2,9-14H2,(H,26,28);1H. The third-order valence-corrected chi connectivity index (χ3v) is 6.11. The molecule has 4 rings (SSSR count). The van der Waals surface area contributed by atoms with Gasteiger partial charge in [-0.05, 0) is 67.0 Å².